The average Bonchev–Trinajstić information content (AvgIpc) is 3.19. The predicted octanol–water partition coefficient (Wildman–Crippen LogP) is 3.04. The number of imidazole rings is 1. The summed E-state index contributed by atoms with van der Waals surface area (Å²) in [5.41, 5.74) is 2.37. The molecule has 5 heteroatoms. The van der Waals surface area contributed by atoms with E-state index in [-0.39, 0.29) is 5.91 Å². The van der Waals surface area contributed by atoms with Crippen molar-refractivity contribution in [1.82, 2.24) is 19.8 Å². The number of H-pyrrole nitrogens is 1. The molecule has 1 aliphatic rings. The van der Waals surface area contributed by atoms with E-state index < -0.39 is 0 Å². The summed E-state index contributed by atoms with van der Waals surface area (Å²) in [7, 11) is 4.20. The van der Waals surface area contributed by atoms with Crippen LogP contribution in [0.25, 0.3) is 11.4 Å². The fourth-order valence-electron chi connectivity index (χ4n) is 3.73. The van der Waals surface area contributed by atoms with Gasteiger partial charge in [0.1, 0.15) is 11.5 Å². The largest absolute Gasteiger partial charge is 0.341 e. The number of hydrogen-bond donors (Lipinski definition) is 1. The van der Waals surface area contributed by atoms with Crippen molar-refractivity contribution in [2.75, 3.05) is 27.2 Å². The Kier molecular flexibility index (Phi) is 4.95. The Hall–Kier alpha value is -2.14. The molecule has 1 amide bonds. The van der Waals surface area contributed by atoms with Crippen LogP contribution in [0, 0.1) is 18.8 Å². The van der Waals surface area contributed by atoms with Crippen molar-refractivity contribution < 1.29 is 4.79 Å². The normalized spacial score (nSPS) is 20.7. The number of rotatable bonds is 4. The molecule has 0 saturated carbocycles. The second-order valence-corrected chi connectivity index (χ2v) is 7.57. The zero-order chi connectivity index (χ0) is 18.1. The minimum absolute atomic E-state index is 0.0333. The van der Waals surface area contributed by atoms with Crippen LogP contribution in [-0.2, 0) is 0 Å². The number of carbonyl (C=O) groups excluding carboxylic acids is 1. The van der Waals surface area contributed by atoms with Gasteiger partial charge in [-0.3, -0.25) is 4.79 Å². The number of amides is 1. The third-order valence-electron chi connectivity index (χ3n) is 5.27. The van der Waals surface area contributed by atoms with E-state index in [2.05, 4.69) is 42.8 Å². The Balaban J connectivity index is 1.83. The molecule has 0 aliphatic carbocycles. The van der Waals surface area contributed by atoms with E-state index in [1.165, 1.54) is 0 Å². The Morgan fingerprint density at radius 1 is 1.24 bits per heavy atom. The van der Waals surface area contributed by atoms with Gasteiger partial charge in [-0.2, -0.15) is 0 Å². The first-order valence-corrected chi connectivity index (χ1v) is 8.96. The van der Waals surface area contributed by atoms with Gasteiger partial charge < -0.3 is 14.8 Å². The van der Waals surface area contributed by atoms with Gasteiger partial charge >= 0.3 is 0 Å². The molecule has 2 heterocycles. The summed E-state index contributed by atoms with van der Waals surface area (Å²) in [6.07, 6.45) is 0. The molecule has 2 atom stereocenters. The highest BCUT2D eigenvalue weighted by Crippen LogP contribution is 2.29. The van der Waals surface area contributed by atoms with Gasteiger partial charge in [-0.05, 0) is 32.9 Å². The second kappa shape index (κ2) is 7.00. The number of likely N-dealkylation sites (N-methyl/N-ethyl adjacent to an activating group) is 1. The molecule has 25 heavy (non-hydrogen) atoms. The molecule has 1 aliphatic heterocycles. The van der Waals surface area contributed by atoms with Crippen LogP contribution in [0.1, 0.15) is 30.0 Å². The average molecular weight is 340 g/mol. The summed E-state index contributed by atoms with van der Waals surface area (Å²) in [6, 6.07) is 10.3. The van der Waals surface area contributed by atoms with Gasteiger partial charge in [0.05, 0.1) is 0 Å². The van der Waals surface area contributed by atoms with Crippen LogP contribution in [0.5, 0.6) is 0 Å². The SMILES string of the molecule is Cc1[nH]c(-c2ccccc2)nc1C(=O)N1CC(C(C)C)C(N(C)C)C1. The third-order valence-corrected chi connectivity index (χ3v) is 5.27. The molecule has 0 bridgehead atoms. The van der Waals surface area contributed by atoms with Crippen molar-refractivity contribution in [3.63, 3.8) is 0 Å². The summed E-state index contributed by atoms with van der Waals surface area (Å²) in [4.78, 5) is 25.1. The molecule has 0 spiro atoms. The number of benzene rings is 1. The lowest BCUT2D eigenvalue weighted by atomic mass is 9.91. The number of aromatic nitrogens is 2. The van der Waals surface area contributed by atoms with E-state index in [1.807, 2.05) is 42.2 Å². The van der Waals surface area contributed by atoms with Crippen molar-refractivity contribution in [2.24, 2.45) is 11.8 Å². The number of aryl methyl sites for hydroxylation is 1. The van der Waals surface area contributed by atoms with Gasteiger partial charge in [0.25, 0.3) is 5.91 Å². The van der Waals surface area contributed by atoms with Crippen LogP contribution in [0.4, 0.5) is 0 Å². The van der Waals surface area contributed by atoms with Gasteiger partial charge in [0.2, 0.25) is 0 Å². The van der Waals surface area contributed by atoms with Crippen molar-refractivity contribution in [2.45, 2.75) is 26.8 Å². The minimum Gasteiger partial charge on any atom is -0.341 e. The highest BCUT2D eigenvalue weighted by atomic mass is 16.2. The van der Waals surface area contributed by atoms with E-state index in [9.17, 15) is 4.79 Å². The van der Waals surface area contributed by atoms with E-state index in [1.54, 1.807) is 0 Å². The van der Waals surface area contributed by atoms with Crippen molar-refractivity contribution >= 4 is 5.91 Å². The van der Waals surface area contributed by atoms with Gasteiger partial charge in [-0.15, -0.1) is 0 Å². The molecule has 1 aromatic carbocycles. The lowest BCUT2D eigenvalue weighted by Gasteiger charge is -2.27. The Morgan fingerprint density at radius 3 is 2.48 bits per heavy atom. The number of carbonyl (C=O) groups is 1. The molecular weight excluding hydrogens is 312 g/mol. The molecule has 134 valence electrons. The second-order valence-electron chi connectivity index (χ2n) is 7.57. The predicted molar refractivity (Wildman–Crippen MR) is 100 cm³/mol. The monoisotopic (exact) mass is 340 g/mol. The van der Waals surface area contributed by atoms with E-state index in [0.29, 0.717) is 23.6 Å². The number of hydrogen-bond acceptors (Lipinski definition) is 3. The molecule has 5 nitrogen and oxygen atoms in total. The van der Waals surface area contributed by atoms with Gasteiger partial charge in [0.15, 0.2) is 0 Å². The number of aromatic amines is 1. The maximum absolute atomic E-state index is 13.1. The fraction of sp³-hybridized carbons (Fsp3) is 0.500. The molecule has 1 saturated heterocycles. The lowest BCUT2D eigenvalue weighted by molar-refractivity contribution is 0.0774. The van der Waals surface area contributed by atoms with Gasteiger partial charge in [0, 0.05) is 30.4 Å². The molecule has 3 rings (SSSR count). The number of nitrogens with zero attached hydrogens (tertiary/aromatic N) is 3. The summed E-state index contributed by atoms with van der Waals surface area (Å²) in [5.74, 6) is 1.83. The third kappa shape index (κ3) is 3.47. The van der Waals surface area contributed by atoms with Gasteiger partial charge in [-0.25, -0.2) is 4.98 Å². The van der Waals surface area contributed by atoms with Crippen LogP contribution in [0.3, 0.4) is 0 Å². The van der Waals surface area contributed by atoms with E-state index in [4.69, 9.17) is 0 Å². The smallest absolute Gasteiger partial charge is 0.274 e. The fourth-order valence-corrected chi connectivity index (χ4v) is 3.73. The summed E-state index contributed by atoms with van der Waals surface area (Å²) in [6.45, 7) is 7.96. The van der Waals surface area contributed by atoms with Crippen molar-refractivity contribution in [1.29, 1.82) is 0 Å². The first-order chi connectivity index (χ1) is 11.9. The maximum Gasteiger partial charge on any atom is 0.274 e. The molecule has 1 aromatic heterocycles. The quantitative estimate of drug-likeness (QED) is 0.931. The molecule has 0 radical (unpaired) electrons. The zero-order valence-corrected chi connectivity index (χ0v) is 15.8. The summed E-state index contributed by atoms with van der Waals surface area (Å²) >= 11 is 0. The highest BCUT2D eigenvalue weighted by molar-refractivity contribution is 5.94. The number of nitrogens with one attached hydrogen (secondary N) is 1. The van der Waals surface area contributed by atoms with Crippen LogP contribution >= 0.6 is 0 Å². The van der Waals surface area contributed by atoms with Crippen molar-refractivity contribution in [3.05, 3.63) is 41.7 Å². The van der Waals surface area contributed by atoms with Crippen molar-refractivity contribution in [3.8, 4) is 11.4 Å². The van der Waals surface area contributed by atoms with E-state index in [0.717, 1.165) is 30.2 Å². The topological polar surface area (TPSA) is 52.2 Å². The molecule has 2 aromatic rings. The standard InChI is InChI=1S/C20H28N4O/c1-13(2)16-11-24(12-17(16)23(4)5)20(25)18-14(3)21-19(22-18)15-9-7-6-8-10-15/h6-10,13,16-17H,11-12H2,1-5H3,(H,21,22). The Labute approximate surface area is 150 Å². The molecule has 1 fully saturated rings. The minimum atomic E-state index is 0.0333. The Morgan fingerprint density at radius 2 is 1.92 bits per heavy atom. The number of likely N-dealkylation sites (tertiary alicyclic amines) is 1. The first kappa shape index (κ1) is 17.7. The molecule has 1 N–H and O–H groups in total. The van der Waals surface area contributed by atoms with Crippen LogP contribution in [0.2, 0.25) is 0 Å². The lowest BCUT2D eigenvalue weighted by Crippen LogP contribution is -2.37. The maximum atomic E-state index is 13.1. The summed E-state index contributed by atoms with van der Waals surface area (Å²) in [5, 5.41) is 0. The van der Waals surface area contributed by atoms with Crippen LogP contribution < -0.4 is 0 Å². The zero-order valence-electron chi connectivity index (χ0n) is 15.8. The molecular formula is C20H28N4O. The van der Waals surface area contributed by atoms with Gasteiger partial charge in [-0.1, -0.05) is 44.2 Å². The molecule has 2 unspecified atom stereocenters. The Bertz CT molecular complexity index is 719. The van der Waals surface area contributed by atoms with Crippen LogP contribution in [0.15, 0.2) is 30.3 Å². The summed E-state index contributed by atoms with van der Waals surface area (Å²) < 4.78 is 0. The van der Waals surface area contributed by atoms with E-state index >= 15 is 0 Å². The van der Waals surface area contributed by atoms with Crippen LogP contribution in [-0.4, -0.2) is 58.9 Å². The first-order valence-electron chi connectivity index (χ1n) is 8.96. The highest BCUT2D eigenvalue weighted by Gasteiger charge is 2.39.